The Kier molecular flexibility index (Phi) is 10.9. The molecule has 0 atom stereocenters. The minimum atomic E-state index is -0.578. The number of primary amides is 2. The van der Waals surface area contributed by atoms with Crippen molar-refractivity contribution in [1.82, 2.24) is 38.7 Å². The zero-order valence-electron chi connectivity index (χ0n) is 31.3. The first-order valence-electron chi connectivity index (χ1n) is 18.3. The quantitative estimate of drug-likeness (QED) is 0.0995. The lowest BCUT2D eigenvalue weighted by Gasteiger charge is -2.13. The molecular formula is C38H46N12O4. The minimum Gasteiger partial charge on any atom is -0.366 e. The van der Waals surface area contributed by atoms with Crippen LogP contribution in [0.25, 0.3) is 22.1 Å². The molecule has 0 saturated carbocycles. The maximum absolute atomic E-state index is 13.8. The van der Waals surface area contributed by atoms with Gasteiger partial charge in [0.1, 0.15) is 11.4 Å². The van der Waals surface area contributed by atoms with Crippen molar-refractivity contribution in [2.75, 3.05) is 10.6 Å². The number of nitrogens with one attached hydrogen (secondary N) is 2. The van der Waals surface area contributed by atoms with E-state index in [1.54, 1.807) is 51.8 Å². The lowest BCUT2D eigenvalue weighted by atomic mass is 10.1. The van der Waals surface area contributed by atoms with E-state index in [0.29, 0.717) is 90.9 Å². The van der Waals surface area contributed by atoms with Crippen LogP contribution >= 0.6 is 0 Å². The summed E-state index contributed by atoms with van der Waals surface area (Å²) in [5, 5.41) is 15.1. The number of unbranched alkanes of at least 4 members (excludes halogenated alkanes) is 2. The summed E-state index contributed by atoms with van der Waals surface area (Å²) in [6.45, 7) is 11.8. The van der Waals surface area contributed by atoms with Crippen LogP contribution < -0.4 is 22.1 Å². The second kappa shape index (κ2) is 15.7. The number of hydrogen-bond acceptors (Lipinski definition) is 8. The predicted octanol–water partition coefficient (Wildman–Crippen LogP) is 4.96. The van der Waals surface area contributed by atoms with Crippen LogP contribution in [0.5, 0.6) is 0 Å². The largest absolute Gasteiger partial charge is 0.366 e. The molecule has 4 heterocycles. The summed E-state index contributed by atoms with van der Waals surface area (Å²) in [5.41, 5.74) is 17.5. The van der Waals surface area contributed by atoms with Gasteiger partial charge in [-0.2, -0.15) is 10.2 Å². The predicted molar refractivity (Wildman–Crippen MR) is 206 cm³/mol. The van der Waals surface area contributed by atoms with Crippen LogP contribution in [0.2, 0.25) is 0 Å². The summed E-state index contributed by atoms with van der Waals surface area (Å²) in [6.07, 6.45) is 3.74. The summed E-state index contributed by atoms with van der Waals surface area (Å²) < 4.78 is 7.23. The van der Waals surface area contributed by atoms with Crippen molar-refractivity contribution in [2.24, 2.45) is 11.5 Å². The Morgan fingerprint density at radius 2 is 1.24 bits per heavy atom. The number of amides is 4. The fourth-order valence-electron chi connectivity index (χ4n) is 6.81. The number of imidazole rings is 2. The summed E-state index contributed by atoms with van der Waals surface area (Å²) in [4.78, 5) is 60.8. The third-order valence-electron chi connectivity index (χ3n) is 9.51. The van der Waals surface area contributed by atoms with Crippen molar-refractivity contribution in [3.05, 3.63) is 81.9 Å². The average molecular weight is 735 g/mol. The molecule has 16 heteroatoms. The monoisotopic (exact) mass is 734 g/mol. The molecule has 6 N–H and O–H groups in total. The third kappa shape index (κ3) is 7.44. The molecule has 54 heavy (non-hydrogen) atoms. The number of benzene rings is 2. The number of aromatic nitrogens is 8. The van der Waals surface area contributed by atoms with Gasteiger partial charge in [0.25, 0.3) is 11.8 Å². The zero-order chi connectivity index (χ0) is 38.7. The molecule has 0 aliphatic carbocycles. The zero-order valence-corrected chi connectivity index (χ0v) is 31.3. The standard InChI is InChI=1S/C38H46N12O4/c1-6-9-18-50-31(19-22(4)45-50)35(53)43-37-41-27-20-24(33(39)51)12-14-29(27)47(37)16-10-11-17-48-30-15-13-25(34(40)52)21-28(30)42-38(48)44-36(54)32-26(7-2)23(5)46-49(32)8-3/h12-15,19-21H,6-11,16-18H2,1-5H3,(H2,39,51)(H2,40,52)(H,41,43,53)(H,42,44,54). The fourth-order valence-corrected chi connectivity index (χ4v) is 6.81. The van der Waals surface area contributed by atoms with Crippen molar-refractivity contribution >= 4 is 57.6 Å². The highest BCUT2D eigenvalue weighted by molar-refractivity contribution is 6.05. The average Bonchev–Trinajstić information content (AvgIpc) is 3.89. The van der Waals surface area contributed by atoms with Crippen LogP contribution in [0.15, 0.2) is 42.5 Å². The smallest absolute Gasteiger partial charge is 0.276 e. The first-order valence-corrected chi connectivity index (χ1v) is 18.3. The molecule has 2 aromatic carbocycles. The van der Waals surface area contributed by atoms with Crippen molar-refractivity contribution in [3.8, 4) is 0 Å². The SMILES string of the molecule is CCCCn1nc(C)cc1C(=O)Nc1nc2cc(C(N)=O)ccc2n1CCCCn1c(NC(=O)c2c(CC)c(C)nn2CC)nc2cc(C(N)=O)ccc21. The van der Waals surface area contributed by atoms with Gasteiger partial charge >= 0.3 is 0 Å². The van der Waals surface area contributed by atoms with Crippen LogP contribution in [0.3, 0.4) is 0 Å². The van der Waals surface area contributed by atoms with E-state index in [9.17, 15) is 19.2 Å². The Hall–Kier alpha value is -6.32. The molecule has 4 amide bonds. The van der Waals surface area contributed by atoms with Gasteiger partial charge in [0.05, 0.1) is 33.5 Å². The van der Waals surface area contributed by atoms with E-state index in [2.05, 4.69) is 27.8 Å². The molecule has 0 fully saturated rings. The molecule has 0 spiro atoms. The Morgan fingerprint density at radius 1 is 0.685 bits per heavy atom. The Balaban J connectivity index is 1.28. The Bertz CT molecular complexity index is 2400. The topological polar surface area (TPSA) is 216 Å². The molecule has 0 saturated heterocycles. The number of rotatable bonds is 16. The van der Waals surface area contributed by atoms with E-state index in [4.69, 9.17) is 21.4 Å². The van der Waals surface area contributed by atoms with E-state index in [-0.39, 0.29) is 11.8 Å². The highest BCUT2D eigenvalue weighted by atomic mass is 16.2. The van der Waals surface area contributed by atoms with Crippen LogP contribution in [-0.4, -0.2) is 62.3 Å². The number of carbonyl (C=O) groups excluding carboxylic acids is 4. The van der Waals surface area contributed by atoms with E-state index in [0.717, 1.165) is 40.8 Å². The first-order chi connectivity index (χ1) is 25.9. The fraction of sp³-hybridized carbons (Fsp3) is 0.368. The van der Waals surface area contributed by atoms with Crippen LogP contribution in [0.4, 0.5) is 11.9 Å². The molecule has 0 aliphatic heterocycles. The van der Waals surface area contributed by atoms with Crippen molar-refractivity contribution in [2.45, 2.75) is 92.9 Å². The van der Waals surface area contributed by atoms with E-state index in [1.165, 1.54) is 0 Å². The number of nitrogens with zero attached hydrogens (tertiary/aromatic N) is 8. The van der Waals surface area contributed by atoms with Crippen molar-refractivity contribution < 1.29 is 19.2 Å². The molecule has 6 aromatic rings. The minimum absolute atomic E-state index is 0.308. The van der Waals surface area contributed by atoms with Gasteiger partial charge in [0.15, 0.2) is 0 Å². The molecule has 282 valence electrons. The van der Waals surface area contributed by atoms with E-state index < -0.39 is 11.8 Å². The van der Waals surface area contributed by atoms with Gasteiger partial charge < -0.3 is 20.6 Å². The highest BCUT2D eigenvalue weighted by Gasteiger charge is 2.23. The number of anilines is 2. The van der Waals surface area contributed by atoms with Gasteiger partial charge in [0, 0.05) is 42.9 Å². The molecule has 4 aromatic heterocycles. The van der Waals surface area contributed by atoms with Crippen LogP contribution in [-0.2, 0) is 32.6 Å². The van der Waals surface area contributed by atoms with Crippen LogP contribution in [0.1, 0.15) is 105 Å². The molecule has 0 unspecified atom stereocenters. The summed E-state index contributed by atoms with van der Waals surface area (Å²) in [6, 6.07) is 11.8. The maximum atomic E-state index is 13.8. The number of nitrogens with two attached hydrogens (primary N) is 2. The van der Waals surface area contributed by atoms with Gasteiger partial charge in [-0.05, 0) is 88.9 Å². The van der Waals surface area contributed by atoms with Crippen molar-refractivity contribution in [3.63, 3.8) is 0 Å². The Morgan fingerprint density at radius 3 is 1.74 bits per heavy atom. The van der Waals surface area contributed by atoms with Gasteiger partial charge in [-0.3, -0.25) is 39.2 Å². The van der Waals surface area contributed by atoms with Gasteiger partial charge in [-0.15, -0.1) is 0 Å². The summed E-state index contributed by atoms with van der Waals surface area (Å²) >= 11 is 0. The lowest BCUT2D eigenvalue weighted by Crippen LogP contribution is -2.21. The second-order valence-corrected chi connectivity index (χ2v) is 13.3. The Labute approximate surface area is 311 Å². The molecule has 0 aliphatic rings. The molecule has 0 bridgehead atoms. The summed E-state index contributed by atoms with van der Waals surface area (Å²) in [5.74, 6) is -1.17. The van der Waals surface area contributed by atoms with E-state index in [1.807, 2.05) is 36.8 Å². The number of carbonyl (C=O) groups is 4. The second-order valence-electron chi connectivity index (χ2n) is 13.3. The normalized spacial score (nSPS) is 11.4. The van der Waals surface area contributed by atoms with Gasteiger partial charge in [-0.1, -0.05) is 20.3 Å². The highest BCUT2D eigenvalue weighted by Crippen LogP contribution is 2.26. The summed E-state index contributed by atoms with van der Waals surface area (Å²) in [7, 11) is 0. The van der Waals surface area contributed by atoms with Gasteiger partial charge in [0.2, 0.25) is 23.7 Å². The lowest BCUT2D eigenvalue weighted by molar-refractivity contribution is 0.0992. The van der Waals surface area contributed by atoms with Crippen LogP contribution in [0, 0.1) is 13.8 Å². The number of fused-ring (bicyclic) bond motifs is 2. The molecule has 0 radical (unpaired) electrons. The first kappa shape index (κ1) is 37.4. The molecule has 16 nitrogen and oxygen atoms in total. The van der Waals surface area contributed by atoms with Gasteiger partial charge in [-0.25, -0.2) is 9.97 Å². The number of aryl methyl sites for hydroxylation is 6. The molecular weight excluding hydrogens is 688 g/mol. The number of hydrogen-bond donors (Lipinski definition) is 4. The maximum Gasteiger partial charge on any atom is 0.276 e. The third-order valence-corrected chi connectivity index (χ3v) is 9.51. The van der Waals surface area contributed by atoms with Crippen molar-refractivity contribution in [1.29, 1.82) is 0 Å². The van der Waals surface area contributed by atoms with E-state index >= 15 is 0 Å². The molecule has 6 rings (SSSR count).